The van der Waals surface area contributed by atoms with E-state index in [1.165, 1.54) is 7.11 Å². The normalized spacial score (nSPS) is 17.7. The monoisotopic (exact) mass is 218 g/mol. The van der Waals surface area contributed by atoms with Crippen molar-refractivity contribution in [3.05, 3.63) is 12.7 Å². The van der Waals surface area contributed by atoms with Crippen LogP contribution in [0.1, 0.15) is 6.92 Å². The van der Waals surface area contributed by atoms with Gasteiger partial charge in [-0.2, -0.15) is 0 Å². The molecule has 0 saturated carbocycles. The molecule has 0 aromatic heterocycles. The average molecular weight is 218 g/mol. The van der Waals surface area contributed by atoms with Crippen LogP contribution >= 0.6 is 0 Å². The number of esters is 1. The lowest BCUT2D eigenvalue weighted by atomic mass is 10.4. The first kappa shape index (κ1) is 13.3. The largest absolute Gasteiger partial charge is 0.432 e. The van der Waals surface area contributed by atoms with Crippen molar-refractivity contribution in [3.63, 3.8) is 0 Å². The van der Waals surface area contributed by atoms with Crippen molar-refractivity contribution in [3.8, 4) is 0 Å². The summed E-state index contributed by atoms with van der Waals surface area (Å²) in [5, 5.41) is 0. The molecular weight excluding hydrogens is 200 g/mol. The number of rotatable bonds is 6. The quantitative estimate of drug-likeness (QED) is 0.278. The molecular formula is C9H18O4Si. The van der Waals surface area contributed by atoms with Crippen molar-refractivity contribution in [2.45, 2.75) is 25.0 Å². The first-order valence-corrected chi connectivity index (χ1v) is 6.61. The van der Waals surface area contributed by atoms with Gasteiger partial charge in [-0.3, -0.25) is 0 Å². The minimum atomic E-state index is -0.889. The molecule has 0 aliphatic carbocycles. The highest BCUT2D eigenvalue weighted by atomic mass is 28.2. The maximum Gasteiger partial charge on any atom is 0.332 e. The molecule has 0 fully saturated rings. The topological polar surface area (TPSA) is 44.8 Å². The molecule has 0 saturated heterocycles. The van der Waals surface area contributed by atoms with Crippen LogP contribution < -0.4 is 0 Å². The van der Waals surface area contributed by atoms with Crippen molar-refractivity contribution >= 4 is 15.5 Å². The van der Waals surface area contributed by atoms with Gasteiger partial charge in [-0.15, -0.1) is 0 Å². The minimum absolute atomic E-state index is 0.270. The highest BCUT2D eigenvalue weighted by molar-refractivity contribution is 6.37. The smallest absolute Gasteiger partial charge is 0.332 e. The molecule has 0 spiro atoms. The molecule has 0 aliphatic heterocycles. The van der Waals surface area contributed by atoms with Gasteiger partial charge < -0.3 is 14.2 Å². The van der Waals surface area contributed by atoms with Crippen LogP contribution in [0.25, 0.3) is 0 Å². The van der Waals surface area contributed by atoms with E-state index in [1.54, 1.807) is 7.11 Å². The molecule has 0 aromatic carbocycles. The maximum atomic E-state index is 11.1. The SMILES string of the molecule is C=CC(=O)OC(OC)([SiH2]C)C(C)OC. The fraction of sp³-hybridized carbons (Fsp3) is 0.667. The third-order valence-electron chi connectivity index (χ3n) is 2.25. The van der Waals surface area contributed by atoms with E-state index in [-0.39, 0.29) is 6.10 Å². The van der Waals surface area contributed by atoms with Crippen molar-refractivity contribution in [2.24, 2.45) is 0 Å². The van der Waals surface area contributed by atoms with E-state index in [0.717, 1.165) is 6.08 Å². The van der Waals surface area contributed by atoms with Gasteiger partial charge in [0.1, 0.15) is 15.6 Å². The molecule has 4 nitrogen and oxygen atoms in total. The Morgan fingerprint density at radius 2 is 2.14 bits per heavy atom. The van der Waals surface area contributed by atoms with Crippen molar-refractivity contribution in [1.29, 1.82) is 0 Å². The molecule has 0 aromatic rings. The van der Waals surface area contributed by atoms with Crippen LogP contribution in [0.2, 0.25) is 6.55 Å². The highest BCUT2D eigenvalue weighted by Crippen LogP contribution is 2.19. The fourth-order valence-corrected chi connectivity index (χ4v) is 2.50. The number of carbonyl (C=O) groups excluding carboxylic acids is 1. The van der Waals surface area contributed by atoms with Crippen LogP contribution in [0.3, 0.4) is 0 Å². The Hall–Kier alpha value is -0.653. The molecule has 2 unspecified atom stereocenters. The average Bonchev–Trinajstić information content (AvgIpc) is 2.24. The number of carbonyl (C=O) groups is 1. The summed E-state index contributed by atoms with van der Waals surface area (Å²) in [6.07, 6.45) is 0.855. The first-order valence-electron chi connectivity index (χ1n) is 4.49. The Labute approximate surface area is 87.0 Å². The van der Waals surface area contributed by atoms with E-state index in [9.17, 15) is 4.79 Å². The van der Waals surface area contributed by atoms with Crippen LogP contribution in [-0.2, 0) is 19.0 Å². The lowest BCUT2D eigenvalue weighted by Gasteiger charge is -2.35. The summed E-state index contributed by atoms with van der Waals surface area (Å²) < 4.78 is 15.6. The molecule has 0 N–H and O–H groups in total. The summed E-state index contributed by atoms with van der Waals surface area (Å²) >= 11 is 0. The highest BCUT2D eigenvalue weighted by Gasteiger charge is 2.38. The summed E-state index contributed by atoms with van der Waals surface area (Å²) in [5.41, 5.74) is -0.889. The van der Waals surface area contributed by atoms with Gasteiger partial charge in [0.2, 0.25) is 5.41 Å². The van der Waals surface area contributed by atoms with E-state index < -0.39 is 20.9 Å². The summed E-state index contributed by atoms with van der Waals surface area (Å²) in [6, 6.07) is 0. The van der Waals surface area contributed by atoms with Crippen LogP contribution in [0, 0.1) is 0 Å². The Morgan fingerprint density at radius 3 is 2.43 bits per heavy atom. The Kier molecular flexibility index (Phi) is 5.67. The molecule has 5 heteroatoms. The fourth-order valence-electron chi connectivity index (χ4n) is 1.19. The van der Waals surface area contributed by atoms with Gasteiger partial charge in [0, 0.05) is 20.3 Å². The molecule has 2 atom stereocenters. The predicted molar refractivity (Wildman–Crippen MR) is 56.9 cm³/mol. The summed E-state index contributed by atoms with van der Waals surface area (Å²) in [7, 11) is 2.35. The van der Waals surface area contributed by atoms with E-state index in [2.05, 4.69) is 6.58 Å². The summed E-state index contributed by atoms with van der Waals surface area (Å²) in [6.45, 7) is 7.15. The minimum Gasteiger partial charge on any atom is -0.432 e. The number of hydrogen-bond acceptors (Lipinski definition) is 4. The molecule has 0 amide bonds. The standard InChI is InChI=1S/C9H18O4Si/c1-6-8(10)13-9(12-4,14-5)7(2)11-3/h6-7H,1,14H2,2-5H3. The summed E-state index contributed by atoms with van der Waals surface area (Å²) in [4.78, 5) is 11.1. The third kappa shape index (κ3) is 2.93. The first-order chi connectivity index (χ1) is 6.56. The van der Waals surface area contributed by atoms with Gasteiger partial charge in [-0.1, -0.05) is 13.1 Å². The van der Waals surface area contributed by atoms with Gasteiger partial charge in [-0.05, 0) is 6.92 Å². The molecule has 14 heavy (non-hydrogen) atoms. The molecule has 0 heterocycles. The second-order valence-corrected chi connectivity index (χ2v) is 4.57. The van der Waals surface area contributed by atoms with Crippen molar-refractivity contribution in [1.82, 2.24) is 0 Å². The lowest BCUT2D eigenvalue weighted by Crippen LogP contribution is -2.51. The zero-order valence-corrected chi connectivity index (χ0v) is 10.6. The Morgan fingerprint density at radius 1 is 1.57 bits per heavy atom. The van der Waals surface area contributed by atoms with Gasteiger partial charge >= 0.3 is 5.97 Å². The van der Waals surface area contributed by atoms with Crippen LogP contribution in [0.15, 0.2) is 12.7 Å². The van der Waals surface area contributed by atoms with Crippen LogP contribution in [0.4, 0.5) is 0 Å². The molecule has 0 rings (SSSR count). The predicted octanol–water partition coefficient (Wildman–Crippen LogP) is 0.268. The van der Waals surface area contributed by atoms with E-state index in [0.29, 0.717) is 0 Å². The lowest BCUT2D eigenvalue weighted by molar-refractivity contribution is -0.215. The molecule has 82 valence electrons. The summed E-state index contributed by atoms with van der Waals surface area (Å²) in [5.74, 6) is -0.481. The molecule has 0 bridgehead atoms. The number of ether oxygens (including phenoxy) is 3. The Balaban J connectivity index is 4.68. The van der Waals surface area contributed by atoms with E-state index in [1.807, 2.05) is 13.5 Å². The number of hydrogen-bond donors (Lipinski definition) is 0. The van der Waals surface area contributed by atoms with Crippen molar-refractivity contribution < 1.29 is 19.0 Å². The zero-order valence-electron chi connectivity index (χ0n) is 9.20. The molecule has 0 aliphatic rings. The zero-order chi connectivity index (χ0) is 11.2. The Bertz CT molecular complexity index is 201. The van der Waals surface area contributed by atoms with Crippen molar-refractivity contribution in [2.75, 3.05) is 14.2 Å². The van der Waals surface area contributed by atoms with E-state index in [4.69, 9.17) is 14.2 Å². The number of methoxy groups -OCH3 is 2. The van der Waals surface area contributed by atoms with Gasteiger partial charge in [-0.25, -0.2) is 4.79 Å². The van der Waals surface area contributed by atoms with Gasteiger partial charge in [0.15, 0.2) is 0 Å². The molecule has 0 radical (unpaired) electrons. The van der Waals surface area contributed by atoms with Crippen LogP contribution in [-0.4, -0.2) is 41.2 Å². The third-order valence-corrected chi connectivity index (χ3v) is 4.24. The second kappa shape index (κ2) is 5.95. The maximum absolute atomic E-state index is 11.1. The second-order valence-electron chi connectivity index (χ2n) is 2.87. The van der Waals surface area contributed by atoms with Gasteiger partial charge in [0.05, 0.1) is 0 Å². The van der Waals surface area contributed by atoms with Gasteiger partial charge in [0.25, 0.3) is 0 Å². The van der Waals surface area contributed by atoms with E-state index >= 15 is 0 Å². The van der Waals surface area contributed by atoms with Crippen LogP contribution in [0.5, 0.6) is 0 Å².